The molecule has 200 valence electrons. The van der Waals surface area contributed by atoms with Crippen molar-refractivity contribution in [3.05, 3.63) is 83.7 Å². The molecular weight excluding hydrogens is 502 g/mol. The molecule has 2 aromatic carbocycles. The summed E-state index contributed by atoms with van der Waals surface area (Å²) in [5.41, 5.74) is 2.62. The Morgan fingerprint density at radius 3 is 2.32 bits per heavy atom. The molecule has 2 amide bonds. The number of esters is 1. The second-order valence-electron chi connectivity index (χ2n) is 8.94. The minimum absolute atomic E-state index is 0.0379. The van der Waals surface area contributed by atoms with Gasteiger partial charge in [0.15, 0.2) is 11.0 Å². The van der Waals surface area contributed by atoms with Crippen LogP contribution in [0.4, 0.5) is 5.69 Å². The molecule has 0 saturated carbocycles. The summed E-state index contributed by atoms with van der Waals surface area (Å²) in [6, 6.07) is 13.5. The summed E-state index contributed by atoms with van der Waals surface area (Å²) in [5.74, 6) is -0.111. The van der Waals surface area contributed by atoms with Crippen molar-refractivity contribution in [3.8, 4) is 0 Å². The highest BCUT2D eigenvalue weighted by Crippen LogP contribution is 2.26. The zero-order valence-corrected chi connectivity index (χ0v) is 22.9. The first-order valence-corrected chi connectivity index (χ1v) is 13.3. The number of nitrogens with one attached hydrogen (secondary N) is 2. The topological polar surface area (TPSA) is 115 Å². The molecule has 2 N–H and O–H groups in total. The number of aryl methyl sites for hydroxylation is 1. The van der Waals surface area contributed by atoms with Crippen LogP contribution in [0.25, 0.3) is 0 Å². The number of allylic oxidation sites excluding steroid dienone is 1. The van der Waals surface area contributed by atoms with Crippen LogP contribution in [-0.2, 0) is 16.1 Å². The first-order chi connectivity index (χ1) is 18.2. The predicted molar refractivity (Wildman–Crippen MR) is 148 cm³/mol. The van der Waals surface area contributed by atoms with E-state index in [4.69, 9.17) is 4.74 Å². The van der Waals surface area contributed by atoms with E-state index >= 15 is 0 Å². The molecule has 0 bridgehead atoms. The Morgan fingerprint density at radius 1 is 1.05 bits per heavy atom. The minimum Gasteiger partial charge on any atom is -0.462 e. The van der Waals surface area contributed by atoms with Gasteiger partial charge in [-0.2, -0.15) is 0 Å². The van der Waals surface area contributed by atoms with Crippen molar-refractivity contribution in [2.24, 2.45) is 5.92 Å². The summed E-state index contributed by atoms with van der Waals surface area (Å²) in [7, 11) is 0. The maximum Gasteiger partial charge on any atom is 0.338 e. The molecule has 0 aliphatic rings. The molecule has 0 aliphatic carbocycles. The highest BCUT2D eigenvalue weighted by atomic mass is 32.2. The van der Waals surface area contributed by atoms with Gasteiger partial charge in [0.1, 0.15) is 0 Å². The lowest BCUT2D eigenvalue weighted by molar-refractivity contribution is -0.113. The van der Waals surface area contributed by atoms with E-state index in [0.29, 0.717) is 40.9 Å². The summed E-state index contributed by atoms with van der Waals surface area (Å²) < 4.78 is 6.83. The van der Waals surface area contributed by atoms with Gasteiger partial charge in [-0.3, -0.25) is 9.59 Å². The Balaban J connectivity index is 1.69. The lowest BCUT2D eigenvalue weighted by Gasteiger charge is -2.22. The molecular formula is C28H33N5O4S. The van der Waals surface area contributed by atoms with Gasteiger partial charge in [0.2, 0.25) is 5.91 Å². The standard InChI is InChI=1S/C28H33N5O4S/c1-6-16-33-25(24(18(3)4)30-26(35)20-10-8-19(5)9-11-20)31-32-28(33)38-17-23(34)29-22-14-12-21(13-15-22)27(36)37-7-2/h6,8-15,18,24H,1,7,16-17H2,2-5H3,(H,29,34)(H,30,35)/t24-/m1/s1. The van der Waals surface area contributed by atoms with Crippen molar-refractivity contribution in [2.45, 2.75) is 45.4 Å². The van der Waals surface area contributed by atoms with Crippen LogP contribution in [0.5, 0.6) is 0 Å². The molecule has 10 heteroatoms. The number of hydrogen-bond acceptors (Lipinski definition) is 7. The zero-order chi connectivity index (χ0) is 27.7. The number of benzene rings is 2. The molecule has 9 nitrogen and oxygen atoms in total. The van der Waals surface area contributed by atoms with E-state index in [1.165, 1.54) is 11.8 Å². The first kappa shape index (κ1) is 28.6. The van der Waals surface area contributed by atoms with E-state index in [0.717, 1.165) is 5.56 Å². The van der Waals surface area contributed by atoms with Crippen LogP contribution in [0.3, 0.4) is 0 Å². The quantitative estimate of drug-likeness (QED) is 0.194. The largest absolute Gasteiger partial charge is 0.462 e. The maximum absolute atomic E-state index is 12.9. The van der Waals surface area contributed by atoms with E-state index in [1.807, 2.05) is 37.5 Å². The Morgan fingerprint density at radius 2 is 1.71 bits per heavy atom. The summed E-state index contributed by atoms with van der Waals surface area (Å²) in [6.07, 6.45) is 1.72. The number of carbonyl (C=O) groups excluding carboxylic acids is 3. The molecule has 0 radical (unpaired) electrons. The summed E-state index contributed by atoms with van der Waals surface area (Å²) in [6.45, 7) is 12.3. The van der Waals surface area contributed by atoms with E-state index in [2.05, 4.69) is 27.4 Å². The number of aromatic nitrogens is 3. The number of carbonyl (C=O) groups is 3. The fourth-order valence-corrected chi connectivity index (χ4v) is 4.38. The minimum atomic E-state index is -0.409. The van der Waals surface area contributed by atoms with Crippen molar-refractivity contribution < 1.29 is 19.1 Å². The van der Waals surface area contributed by atoms with Crippen LogP contribution in [0.15, 0.2) is 66.3 Å². The summed E-state index contributed by atoms with van der Waals surface area (Å²) >= 11 is 1.24. The molecule has 38 heavy (non-hydrogen) atoms. The highest BCUT2D eigenvalue weighted by molar-refractivity contribution is 7.99. The fourth-order valence-electron chi connectivity index (χ4n) is 3.63. The number of hydrogen-bond donors (Lipinski definition) is 2. The average Bonchev–Trinajstić information content (AvgIpc) is 3.29. The van der Waals surface area contributed by atoms with Gasteiger partial charge < -0.3 is 19.9 Å². The monoisotopic (exact) mass is 535 g/mol. The Hall–Kier alpha value is -3.92. The normalized spacial score (nSPS) is 11.6. The van der Waals surface area contributed by atoms with Crippen LogP contribution in [0.1, 0.15) is 58.9 Å². The zero-order valence-electron chi connectivity index (χ0n) is 22.1. The molecule has 3 rings (SSSR count). The second-order valence-corrected chi connectivity index (χ2v) is 9.88. The van der Waals surface area contributed by atoms with Crippen molar-refractivity contribution >= 4 is 35.2 Å². The van der Waals surface area contributed by atoms with Gasteiger partial charge in [0, 0.05) is 17.8 Å². The highest BCUT2D eigenvalue weighted by Gasteiger charge is 2.26. The number of thioether (sulfide) groups is 1. The van der Waals surface area contributed by atoms with Gasteiger partial charge in [-0.05, 0) is 56.2 Å². The van der Waals surface area contributed by atoms with Crippen LogP contribution < -0.4 is 10.6 Å². The van der Waals surface area contributed by atoms with E-state index in [1.54, 1.807) is 49.4 Å². The summed E-state index contributed by atoms with van der Waals surface area (Å²) in [5, 5.41) is 15.1. The van der Waals surface area contributed by atoms with Crippen LogP contribution >= 0.6 is 11.8 Å². The maximum atomic E-state index is 12.9. The van der Waals surface area contributed by atoms with Gasteiger partial charge in [-0.1, -0.05) is 49.4 Å². The van der Waals surface area contributed by atoms with Crippen LogP contribution in [-0.4, -0.2) is 44.9 Å². The van der Waals surface area contributed by atoms with Gasteiger partial charge in [-0.15, -0.1) is 16.8 Å². The smallest absolute Gasteiger partial charge is 0.338 e. The lowest BCUT2D eigenvalue weighted by atomic mass is 10.0. The first-order valence-electron chi connectivity index (χ1n) is 12.3. The van der Waals surface area contributed by atoms with Gasteiger partial charge in [0.05, 0.1) is 24.0 Å². The van der Waals surface area contributed by atoms with E-state index in [-0.39, 0.29) is 23.5 Å². The Kier molecular flexibility index (Phi) is 10.2. The predicted octanol–water partition coefficient (Wildman–Crippen LogP) is 4.81. The third-order valence-corrected chi connectivity index (χ3v) is 6.58. The molecule has 1 heterocycles. The second kappa shape index (κ2) is 13.6. The SMILES string of the molecule is C=CCn1c(SCC(=O)Nc2ccc(C(=O)OCC)cc2)nnc1[C@H](NC(=O)c1ccc(C)cc1)C(C)C. The number of rotatable bonds is 12. The molecule has 3 aromatic rings. The molecule has 0 fully saturated rings. The summed E-state index contributed by atoms with van der Waals surface area (Å²) in [4.78, 5) is 37.3. The van der Waals surface area contributed by atoms with Gasteiger partial charge >= 0.3 is 5.97 Å². The van der Waals surface area contributed by atoms with Crippen molar-refractivity contribution in [3.63, 3.8) is 0 Å². The number of nitrogens with zero attached hydrogens (tertiary/aromatic N) is 3. The molecule has 0 saturated heterocycles. The number of ether oxygens (including phenoxy) is 1. The van der Waals surface area contributed by atoms with E-state index < -0.39 is 12.0 Å². The van der Waals surface area contributed by atoms with Crippen molar-refractivity contribution in [2.75, 3.05) is 17.7 Å². The Bertz CT molecular complexity index is 1270. The third-order valence-electron chi connectivity index (χ3n) is 5.61. The van der Waals surface area contributed by atoms with Crippen molar-refractivity contribution in [1.82, 2.24) is 20.1 Å². The number of anilines is 1. The van der Waals surface area contributed by atoms with E-state index in [9.17, 15) is 14.4 Å². The van der Waals surface area contributed by atoms with Gasteiger partial charge in [-0.25, -0.2) is 4.79 Å². The molecule has 0 unspecified atom stereocenters. The third kappa shape index (κ3) is 7.55. The van der Waals surface area contributed by atoms with Crippen LogP contribution in [0, 0.1) is 12.8 Å². The Labute approximate surface area is 227 Å². The van der Waals surface area contributed by atoms with Crippen molar-refractivity contribution in [1.29, 1.82) is 0 Å². The number of amides is 2. The molecule has 1 aromatic heterocycles. The lowest BCUT2D eigenvalue weighted by Crippen LogP contribution is -2.33. The van der Waals surface area contributed by atoms with Crippen LogP contribution in [0.2, 0.25) is 0 Å². The molecule has 1 atom stereocenters. The van der Waals surface area contributed by atoms with Gasteiger partial charge in [0.25, 0.3) is 5.91 Å². The molecule has 0 spiro atoms. The molecule has 0 aliphatic heterocycles. The average molecular weight is 536 g/mol. The fraction of sp³-hybridized carbons (Fsp3) is 0.321.